The van der Waals surface area contributed by atoms with Gasteiger partial charge in [0.25, 0.3) is 0 Å². The second-order valence-electron chi connectivity index (χ2n) is 7.62. The van der Waals surface area contributed by atoms with E-state index in [0.717, 1.165) is 18.6 Å². The van der Waals surface area contributed by atoms with Gasteiger partial charge in [0.1, 0.15) is 0 Å². The van der Waals surface area contributed by atoms with Crippen LogP contribution in [0.1, 0.15) is 17.7 Å². The molecule has 0 aliphatic carbocycles. The molecule has 7 nitrogen and oxygen atoms in total. The molecule has 1 aromatic heterocycles. The molecule has 2 heterocycles. The molecule has 0 radical (unpaired) electrons. The molecule has 0 unspecified atom stereocenters. The number of rotatable bonds is 9. The molecule has 0 bridgehead atoms. The monoisotopic (exact) mass is 464 g/mol. The predicted octanol–water partition coefficient (Wildman–Crippen LogP) is 2.15. The zero-order chi connectivity index (χ0) is 22.9. The summed E-state index contributed by atoms with van der Waals surface area (Å²) < 4.78 is 26.1. The van der Waals surface area contributed by atoms with Crippen molar-refractivity contribution in [3.05, 3.63) is 52.2 Å². The minimum atomic E-state index is -1.06. The highest BCUT2D eigenvalue weighted by Crippen LogP contribution is 2.17. The Hall–Kier alpha value is -2.85. The molecule has 1 saturated heterocycles. The Kier molecular flexibility index (Phi) is 8.69. The summed E-state index contributed by atoms with van der Waals surface area (Å²) in [6.45, 7) is 1.72. The molecule has 3 amide bonds. The fourth-order valence-electron chi connectivity index (χ4n) is 3.48. The number of likely N-dealkylation sites (tertiary alicyclic amines) is 1. The van der Waals surface area contributed by atoms with E-state index in [4.69, 9.17) is 0 Å². The lowest BCUT2D eigenvalue weighted by atomic mass is 9.96. The molecule has 1 aliphatic rings. The van der Waals surface area contributed by atoms with Crippen LogP contribution in [-0.4, -0.2) is 55.3 Å². The van der Waals surface area contributed by atoms with Gasteiger partial charge in [-0.3, -0.25) is 19.3 Å². The number of benzene rings is 1. The summed E-state index contributed by atoms with van der Waals surface area (Å²) in [4.78, 5) is 39.5. The van der Waals surface area contributed by atoms with Crippen molar-refractivity contribution in [1.82, 2.24) is 15.5 Å². The van der Waals surface area contributed by atoms with Gasteiger partial charge >= 0.3 is 0 Å². The van der Waals surface area contributed by atoms with Gasteiger partial charge in [-0.2, -0.15) is 0 Å². The lowest BCUT2D eigenvalue weighted by molar-refractivity contribution is -0.127. The SMILES string of the molecule is O=C(CN1CCC(C(=O)NCCc2cccs2)CC1)NCC(=O)Nc1ccc(F)c(F)c1. The Balaban J connectivity index is 1.30. The topological polar surface area (TPSA) is 90.5 Å². The third-order valence-corrected chi connectivity index (χ3v) is 6.16. The van der Waals surface area contributed by atoms with Crippen molar-refractivity contribution >= 4 is 34.7 Å². The van der Waals surface area contributed by atoms with Gasteiger partial charge in [0.05, 0.1) is 13.1 Å². The molecule has 1 aliphatic heterocycles. The highest BCUT2D eigenvalue weighted by molar-refractivity contribution is 7.09. The number of nitrogens with zero attached hydrogens (tertiary/aromatic N) is 1. The van der Waals surface area contributed by atoms with Gasteiger partial charge in [0.2, 0.25) is 17.7 Å². The van der Waals surface area contributed by atoms with Crippen molar-refractivity contribution in [1.29, 1.82) is 0 Å². The Morgan fingerprint density at radius 1 is 1.03 bits per heavy atom. The molecule has 1 fully saturated rings. The van der Waals surface area contributed by atoms with Crippen LogP contribution in [0.2, 0.25) is 0 Å². The molecule has 10 heteroatoms. The molecular formula is C22H26F2N4O3S. The minimum Gasteiger partial charge on any atom is -0.355 e. The second kappa shape index (κ2) is 11.7. The molecule has 0 saturated carbocycles. The summed E-state index contributed by atoms with van der Waals surface area (Å²) in [5.41, 5.74) is 0.110. The first-order chi connectivity index (χ1) is 15.4. The van der Waals surface area contributed by atoms with Crippen LogP contribution in [0, 0.1) is 17.6 Å². The average molecular weight is 465 g/mol. The van der Waals surface area contributed by atoms with Gasteiger partial charge in [0.15, 0.2) is 11.6 Å². The van der Waals surface area contributed by atoms with Crippen molar-refractivity contribution in [2.24, 2.45) is 5.92 Å². The van der Waals surface area contributed by atoms with Crippen LogP contribution in [0.15, 0.2) is 35.7 Å². The quantitative estimate of drug-likeness (QED) is 0.531. The standard InChI is InChI=1S/C22H26F2N4O3S/c23-18-4-3-16(12-19(18)24)27-20(29)13-26-21(30)14-28-9-6-15(7-10-28)22(31)25-8-5-17-2-1-11-32-17/h1-4,11-12,15H,5-10,13-14H2,(H,25,31)(H,26,30)(H,27,29). The summed E-state index contributed by atoms with van der Waals surface area (Å²) in [6, 6.07) is 7.06. The molecule has 0 atom stereocenters. The van der Waals surface area contributed by atoms with E-state index in [9.17, 15) is 23.2 Å². The summed E-state index contributed by atoms with van der Waals surface area (Å²) >= 11 is 1.67. The smallest absolute Gasteiger partial charge is 0.243 e. The maximum absolute atomic E-state index is 13.2. The second-order valence-corrected chi connectivity index (χ2v) is 8.66. The minimum absolute atomic E-state index is 0.0551. The first kappa shape index (κ1) is 23.8. The summed E-state index contributed by atoms with van der Waals surface area (Å²) in [6.07, 6.45) is 2.18. The number of hydrogen-bond donors (Lipinski definition) is 3. The maximum atomic E-state index is 13.2. The lowest BCUT2D eigenvalue weighted by Crippen LogP contribution is -2.45. The number of carbonyl (C=O) groups excluding carboxylic acids is 3. The van der Waals surface area contributed by atoms with E-state index >= 15 is 0 Å². The van der Waals surface area contributed by atoms with Crippen LogP contribution in [0.4, 0.5) is 14.5 Å². The summed E-state index contributed by atoms with van der Waals surface area (Å²) in [5, 5.41) is 9.91. The molecule has 32 heavy (non-hydrogen) atoms. The maximum Gasteiger partial charge on any atom is 0.243 e. The van der Waals surface area contributed by atoms with E-state index in [2.05, 4.69) is 16.0 Å². The number of nitrogens with one attached hydrogen (secondary N) is 3. The van der Waals surface area contributed by atoms with E-state index < -0.39 is 17.5 Å². The van der Waals surface area contributed by atoms with Crippen LogP contribution in [0.5, 0.6) is 0 Å². The molecule has 3 N–H and O–H groups in total. The first-order valence-electron chi connectivity index (χ1n) is 10.4. The first-order valence-corrected chi connectivity index (χ1v) is 11.3. The highest BCUT2D eigenvalue weighted by atomic mass is 32.1. The van der Waals surface area contributed by atoms with E-state index in [1.54, 1.807) is 11.3 Å². The average Bonchev–Trinajstić information content (AvgIpc) is 3.29. The Labute approximate surface area is 189 Å². The van der Waals surface area contributed by atoms with Gasteiger partial charge in [0, 0.05) is 29.1 Å². The van der Waals surface area contributed by atoms with Crippen molar-refractivity contribution < 1.29 is 23.2 Å². The Morgan fingerprint density at radius 3 is 2.50 bits per heavy atom. The van der Waals surface area contributed by atoms with Crippen LogP contribution in [-0.2, 0) is 20.8 Å². The molecule has 3 rings (SSSR count). The largest absolute Gasteiger partial charge is 0.355 e. The fourth-order valence-corrected chi connectivity index (χ4v) is 4.19. The number of thiophene rings is 1. The molecule has 1 aromatic carbocycles. The van der Waals surface area contributed by atoms with Gasteiger partial charge in [-0.1, -0.05) is 6.07 Å². The predicted molar refractivity (Wildman–Crippen MR) is 118 cm³/mol. The van der Waals surface area contributed by atoms with Crippen molar-refractivity contribution in [3.63, 3.8) is 0 Å². The third kappa shape index (κ3) is 7.38. The number of anilines is 1. The molecule has 172 valence electrons. The van der Waals surface area contributed by atoms with Gasteiger partial charge in [-0.25, -0.2) is 8.78 Å². The molecular weight excluding hydrogens is 438 g/mol. The highest BCUT2D eigenvalue weighted by Gasteiger charge is 2.25. The molecule has 2 aromatic rings. The summed E-state index contributed by atoms with van der Waals surface area (Å²) in [5.74, 6) is -2.92. The van der Waals surface area contributed by atoms with Crippen LogP contribution in [0.25, 0.3) is 0 Å². The zero-order valence-corrected chi connectivity index (χ0v) is 18.4. The van der Waals surface area contributed by atoms with Crippen molar-refractivity contribution in [2.75, 3.05) is 38.0 Å². The number of hydrogen-bond acceptors (Lipinski definition) is 5. The fraction of sp³-hybridized carbons (Fsp3) is 0.409. The van der Waals surface area contributed by atoms with Crippen molar-refractivity contribution in [3.8, 4) is 0 Å². The zero-order valence-electron chi connectivity index (χ0n) is 17.5. The summed E-state index contributed by atoms with van der Waals surface area (Å²) in [7, 11) is 0. The van der Waals surface area contributed by atoms with E-state index in [0.29, 0.717) is 32.5 Å². The van der Waals surface area contributed by atoms with Crippen LogP contribution in [0.3, 0.4) is 0 Å². The van der Waals surface area contributed by atoms with E-state index in [1.165, 1.54) is 10.9 Å². The third-order valence-electron chi connectivity index (χ3n) is 5.23. The van der Waals surface area contributed by atoms with E-state index in [1.807, 2.05) is 22.4 Å². The Morgan fingerprint density at radius 2 is 1.81 bits per heavy atom. The number of piperidine rings is 1. The van der Waals surface area contributed by atoms with E-state index in [-0.39, 0.29) is 36.5 Å². The number of amides is 3. The lowest BCUT2D eigenvalue weighted by Gasteiger charge is -2.30. The number of halogens is 2. The molecule has 0 spiro atoms. The van der Waals surface area contributed by atoms with Crippen LogP contribution < -0.4 is 16.0 Å². The Bertz CT molecular complexity index is 931. The van der Waals surface area contributed by atoms with Gasteiger partial charge < -0.3 is 16.0 Å². The van der Waals surface area contributed by atoms with Gasteiger partial charge in [-0.15, -0.1) is 11.3 Å². The van der Waals surface area contributed by atoms with Gasteiger partial charge in [-0.05, 0) is 55.9 Å². The number of carbonyl (C=O) groups is 3. The van der Waals surface area contributed by atoms with Crippen molar-refractivity contribution in [2.45, 2.75) is 19.3 Å². The van der Waals surface area contributed by atoms with Crippen LogP contribution >= 0.6 is 11.3 Å². The normalized spacial score (nSPS) is 14.7.